The number of hydrogen-bond acceptors (Lipinski definition) is 4. The Morgan fingerprint density at radius 1 is 1.33 bits per heavy atom. The van der Waals surface area contributed by atoms with Crippen LogP contribution < -0.4 is 0 Å². The number of hydrogen-bond donors (Lipinski definition) is 1. The summed E-state index contributed by atoms with van der Waals surface area (Å²) in [5.74, 6) is -1.37. The minimum atomic E-state index is -0.752. The molecule has 0 aliphatic carbocycles. The van der Waals surface area contributed by atoms with Gasteiger partial charge < -0.3 is 9.84 Å². The molecule has 1 aromatic carbocycles. The van der Waals surface area contributed by atoms with Gasteiger partial charge in [0.15, 0.2) is 12.4 Å². The molecule has 1 aliphatic heterocycles. The number of ketones is 1. The topological polar surface area (TPSA) is 63.6 Å². The summed E-state index contributed by atoms with van der Waals surface area (Å²) in [7, 11) is 0. The lowest BCUT2D eigenvalue weighted by Crippen LogP contribution is -2.18. The lowest BCUT2D eigenvalue weighted by atomic mass is 9.97. The first kappa shape index (κ1) is 9.71. The van der Waals surface area contributed by atoms with Crippen molar-refractivity contribution in [2.24, 2.45) is 5.92 Å². The van der Waals surface area contributed by atoms with Crippen LogP contribution >= 0.6 is 0 Å². The van der Waals surface area contributed by atoms with E-state index in [0.29, 0.717) is 5.56 Å². The Kier molecular flexibility index (Phi) is 2.41. The summed E-state index contributed by atoms with van der Waals surface area (Å²) in [5.41, 5.74) is 0.592. The first-order valence-corrected chi connectivity index (χ1v) is 4.64. The van der Waals surface area contributed by atoms with Crippen LogP contribution in [0.1, 0.15) is 5.56 Å². The van der Waals surface area contributed by atoms with E-state index in [0.717, 1.165) is 0 Å². The molecule has 2 rings (SSSR count). The van der Waals surface area contributed by atoms with Crippen LogP contribution in [0.5, 0.6) is 5.75 Å². The highest BCUT2D eigenvalue weighted by Gasteiger charge is 2.35. The highest BCUT2D eigenvalue weighted by molar-refractivity contribution is 6.04. The number of ether oxygens (including phenoxy) is 1. The summed E-state index contributed by atoms with van der Waals surface area (Å²) in [4.78, 5) is 22.4. The highest BCUT2D eigenvalue weighted by Crippen LogP contribution is 2.23. The molecule has 1 unspecified atom stereocenters. The maximum absolute atomic E-state index is 11.3. The zero-order chi connectivity index (χ0) is 10.8. The number of phenolic OH excluding ortho intramolecular Hbond substituents is 1. The largest absolute Gasteiger partial charge is 0.508 e. The number of phenols is 1. The normalized spacial score (nSPS) is 20.4. The fourth-order valence-electron chi connectivity index (χ4n) is 1.58. The van der Waals surface area contributed by atoms with E-state index in [-0.39, 0.29) is 24.6 Å². The fraction of sp³-hybridized carbons (Fsp3) is 0.273. The van der Waals surface area contributed by atoms with Crippen molar-refractivity contribution in [2.45, 2.75) is 6.42 Å². The summed E-state index contributed by atoms with van der Waals surface area (Å²) in [6, 6.07) is 6.65. The van der Waals surface area contributed by atoms with Gasteiger partial charge >= 0.3 is 5.97 Å². The number of carbonyl (C=O) groups is 2. The summed E-state index contributed by atoms with van der Waals surface area (Å²) < 4.78 is 4.62. The minimum absolute atomic E-state index is 0.102. The maximum atomic E-state index is 11.3. The quantitative estimate of drug-likeness (QED) is 0.570. The predicted molar refractivity (Wildman–Crippen MR) is 51.3 cm³/mol. The van der Waals surface area contributed by atoms with Crippen LogP contribution in [0.15, 0.2) is 24.3 Å². The third-order valence-corrected chi connectivity index (χ3v) is 2.45. The summed E-state index contributed by atoms with van der Waals surface area (Å²) in [6.07, 6.45) is 0.213. The standard InChI is InChI=1S/C11H10O4/c12-9-4-2-1-3-7(9)5-8-10(13)6-15-11(8)14/h1-4,8,12H,5-6H2. The van der Waals surface area contributed by atoms with Crippen LogP contribution in [0, 0.1) is 5.92 Å². The van der Waals surface area contributed by atoms with Gasteiger partial charge in [0.05, 0.1) is 0 Å². The molecule has 1 aromatic rings. The molecule has 4 nitrogen and oxygen atoms in total. The number of cyclic esters (lactones) is 1. The Labute approximate surface area is 86.5 Å². The Morgan fingerprint density at radius 3 is 2.67 bits per heavy atom. The van der Waals surface area contributed by atoms with Crippen molar-refractivity contribution in [1.29, 1.82) is 0 Å². The van der Waals surface area contributed by atoms with Crippen LogP contribution in [0.4, 0.5) is 0 Å². The molecule has 15 heavy (non-hydrogen) atoms. The average molecular weight is 206 g/mol. The van der Waals surface area contributed by atoms with E-state index in [1.54, 1.807) is 18.2 Å². The first-order chi connectivity index (χ1) is 7.18. The summed E-state index contributed by atoms with van der Waals surface area (Å²) in [5, 5.41) is 9.48. The van der Waals surface area contributed by atoms with Gasteiger partial charge in [-0.25, -0.2) is 0 Å². The average Bonchev–Trinajstić information content (AvgIpc) is 2.53. The summed E-state index contributed by atoms with van der Waals surface area (Å²) >= 11 is 0. The van der Waals surface area contributed by atoms with E-state index < -0.39 is 11.9 Å². The number of rotatable bonds is 2. The van der Waals surface area contributed by atoms with Crippen molar-refractivity contribution in [3.8, 4) is 5.75 Å². The molecule has 0 radical (unpaired) electrons. The first-order valence-electron chi connectivity index (χ1n) is 4.64. The van der Waals surface area contributed by atoms with Gasteiger partial charge in [0.25, 0.3) is 0 Å². The minimum Gasteiger partial charge on any atom is -0.508 e. The van der Waals surface area contributed by atoms with Crippen molar-refractivity contribution >= 4 is 11.8 Å². The van der Waals surface area contributed by atoms with Crippen molar-refractivity contribution in [3.05, 3.63) is 29.8 Å². The van der Waals surface area contributed by atoms with Gasteiger partial charge in [-0.15, -0.1) is 0 Å². The van der Waals surface area contributed by atoms with Gasteiger partial charge in [-0.2, -0.15) is 0 Å². The molecule has 0 spiro atoms. The number of Topliss-reactive ketones (excluding diaryl/α,β-unsaturated/α-hetero) is 1. The second-order valence-corrected chi connectivity index (χ2v) is 3.46. The van der Waals surface area contributed by atoms with Crippen LogP contribution in [0.3, 0.4) is 0 Å². The number of para-hydroxylation sites is 1. The molecule has 1 saturated heterocycles. The molecule has 1 aliphatic rings. The van der Waals surface area contributed by atoms with Crippen molar-refractivity contribution in [2.75, 3.05) is 6.61 Å². The van der Waals surface area contributed by atoms with Gasteiger partial charge in [0, 0.05) is 0 Å². The van der Waals surface area contributed by atoms with Gasteiger partial charge in [0.2, 0.25) is 0 Å². The maximum Gasteiger partial charge on any atom is 0.317 e. The van der Waals surface area contributed by atoms with Crippen molar-refractivity contribution in [3.63, 3.8) is 0 Å². The van der Waals surface area contributed by atoms with Gasteiger partial charge in [-0.05, 0) is 18.1 Å². The molecule has 0 bridgehead atoms. The molecule has 78 valence electrons. The van der Waals surface area contributed by atoms with E-state index in [1.165, 1.54) is 6.07 Å². The van der Waals surface area contributed by atoms with E-state index in [4.69, 9.17) is 0 Å². The Morgan fingerprint density at radius 2 is 2.07 bits per heavy atom. The van der Waals surface area contributed by atoms with Gasteiger partial charge in [0.1, 0.15) is 11.7 Å². The number of carbonyl (C=O) groups excluding carboxylic acids is 2. The van der Waals surface area contributed by atoms with Gasteiger partial charge in [-0.1, -0.05) is 18.2 Å². The predicted octanol–water partition coefficient (Wildman–Crippen LogP) is 0.677. The smallest absolute Gasteiger partial charge is 0.317 e. The Balaban J connectivity index is 2.18. The van der Waals surface area contributed by atoms with Crippen molar-refractivity contribution in [1.82, 2.24) is 0 Å². The second kappa shape index (κ2) is 3.73. The van der Waals surface area contributed by atoms with Crippen LogP contribution in [0.2, 0.25) is 0 Å². The Hall–Kier alpha value is -1.84. The van der Waals surface area contributed by atoms with E-state index in [2.05, 4.69) is 4.74 Å². The number of aromatic hydroxyl groups is 1. The third kappa shape index (κ3) is 1.83. The molecule has 0 amide bonds. The Bertz CT molecular complexity index is 395. The zero-order valence-corrected chi connectivity index (χ0v) is 7.97. The lowest BCUT2D eigenvalue weighted by Gasteiger charge is -2.05. The molecule has 0 saturated carbocycles. The fourth-order valence-corrected chi connectivity index (χ4v) is 1.58. The molecule has 1 atom stereocenters. The summed E-state index contributed by atoms with van der Waals surface area (Å²) in [6.45, 7) is -0.142. The molecular weight excluding hydrogens is 196 g/mol. The molecule has 1 N–H and O–H groups in total. The van der Waals surface area contributed by atoms with Crippen LogP contribution in [-0.4, -0.2) is 23.5 Å². The molecule has 0 aromatic heterocycles. The number of benzene rings is 1. The van der Waals surface area contributed by atoms with E-state index >= 15 is 0 Å². The van der Waals surface area contributed by atoms with Gasteiger partial charge in [-0.3, -0.25) is 9.59 Å². The van der Waals surface area contributed by atoms with Crippen molar-refractivity contribution < 1.29 is 19.4 Å². The monoisotopic (exact) mass is 206 g/mol. The molecule has 1 heterocycles. The van der Waals surface area contributed by atoms with E-state index in [1.807, 2.05) is 0 Å². The van der Waals surface area contributed by atoms with E-state index in [9.17, 15) is 14.7 Å². The second-order valence-electron chi connectivity index (χ2n) is 3.46. The zero-order valence-electron chi connectivity index (χ0n) is 7.97. The molecule has 1 fully saturated rings. The SMILES string of the molecule is O=C1COC(=O)C1Cc1ccccc1O. The van der Waals surface area contributed by atoms with Crippen LogP contribution in [0.25, 0.3) is 0 Å². The molecule has 4 heteroatoms. The third-order valence-electron chi connectivity index (χ3n) is 2.45. The highest BCUT2D eigenvalue weighted by atomic mass is 16.5. The van der Waals surface area contributed by atoms with Crippen LogP contribution in [-0.2, 0) is 20.7 Å². The number of esters is 1. The lowest BCUT2D eigenvalue weighted by molar-refractivity contribution is -0.141. The molecular formula is C11H10O4.